The molecule has 16 heavy (non-hydrogen) atoms. The Balaban J connectivity index is 2.15. The maximum absolute atomic E-state index is 3.42. The molecule has 1 aromatic carbocycles. The molecule has 2 rings (SSSR count). The highest BCUT2D eigenvalue weighted by Gasteiger charge is 2.46. The highest BCUT2D eigenvalue weighted by molar-refractivity contribution is 5.30. The Kier molecular flexibility index (Phi) is 3.07. The third kappa shape index (κ3) is 2.30. The van der Waals surface area contributed by atoms with Crippen LogP contribution in [0.2, 0.25) is 0 Å². The summed E-state index contributed by atoms with van der Waals surface area (Å²) in [4.78, 5) is 0. The van der Waals surface area contributed by atoms with E-state index in [9.17, 15) is 0 Å². The summed E-state index contributed by atoms with van der Waals surface area (Å²) in [5, 5.41) is 3.42. The second kappa shape index (κ2) is 4.21. The van der Waals surface area contributed by atoms with Crippen LogP contribution >= 0.6 is 0 Å². The third-order valence-electron chi connectivity index (χ3n) is 4.08. The van der Waals surface area contributed by atoms with Gasteiger partial charge in [0.05, 0.1) is 0 Å². The minimum Gasteiger partial charge on any atom is -0.317 e. The Morgan fingerprint density at radius 3 is 2.19 bits per heavy atom. The van der Waals surface area contributed by atoms with Crippen molar-refractivity contribution in [1.29, 1.82) is 0 Å². The number of hydrogen-bond acceptors (Lipinski definition) is 1. The molecule has 0 aliphatic heterocycles. The van der Waals surface area contributed by atoms with Gasteiger partial charge in [0.25, 0.3) is 0 Å². The molecule has 1 N–H and O–H groups in total. The van der Waals surface area contributed by atoms with Crippen LogP contribution in [0.3, 0.4) is 0 Å². The van der Waals surface area contributed by atoms with Gasteiger partial charge in [-0.2, -0.15) is 0 Å². The minimum atomic E-state index is 0.537. The van der Waals surface area contributed by atoms with Gasteiger partial charge in [-0.15, -0.1) is 0 Å². The molecule has 1 heteroatoms. The summed E-state index contributed by atoms with van der Waals surface area (Å²) in [5.74, 6) is 0. The van der Waals surface area contributed by atoms with Crippen molar-refractivity contribution in [3.8, 4) is 0 Å². The first-order chi connectivity index (χ1) is 7.55. The van der Waals surface area contributed by atoms with Crippen molar-refractivity contribution < 1.29 is 0 Å². The lowest BCUT2D eigenvalue weighted by Crippen LogP contribution is -2.33. The normalized spacial score (nSPS) is 19.5. The molecule has 1 unspecified atom stereocenters. The molecule has 0 bridgehead atoms. The summed E-state index contributed by atoms with van der Waals surface area (Å²) in [5.41, 5.74) is 4.83. The van der Waals surface area contributed by atoms with Gasteiger partial charge in [-0.05, 0) is 58.1 Å². The second-order valence-electron chi connectivity index (χ2n) is 5.55. The van der Waals surface area contributed by atoms with Crippen LogP contribution in [0.5, 0.6) is 0 Å². The standard InChI is InChI=1S/C15H23N/c1-11-7-12(2)9-14(8-11)10-15(5-6-15)13(3)16-4/h7-9,13,16H,5-6,10H2,1-4H3. The van der Waals surface area contributed by atoms with Gasteiger partial charge in [-0.3, -0.25) is 0 Å². The summed E-state index contributed by atoms with van der Waals surface area (Å²) in [7, 11) is 2.08. The van der Waals surface area contributed by atoms with Gasteiger partial charge >= 0.3 is 0 Å². The van der Waals surface area contributed by atoms with Crippen LogP contribution < -0.4 is 5.32 Å². The molecule has 0 saturated heterocycles. The second-order valence-corrected chi connectivity index (χ2v) is 5.55. The van der Waals surface area contributed by atoms with Crippen LogP contribution in [0, 0.1) is 19.3 Å². The van der Waals surface area contributed by atoms with E-state index in [1.54, 1.807) is 0 Å². The topological polar surface area (TPSA) is 12.0 Å². The number of rotatable bonds is 4. The molecule has 1 atom stereocenters. The zero-order valence-corrected chi connectivity index (χ0v) is 10.9. The molecule has 1 aromatic rings. The third-order valence-corrected chi connectivity index (χ3v) is 4.08. The van der Waals surface area contributed by atoms with Crippen molar-refractivity contribution in [2.24, 2.45) is 5.41 Å². The lowest BCUT2D eigenvalue weighted by Gasteiger charge is -2.23. The zero-order chi connectivity index (χ0) is 11.8. The van der Waals surface area contributed by atoms with Gasteiger partial charge in [0.15, 0.2) is 0 Å². The number of benzene rings is 1. The molecule has 0 spiro atoms. The molecule has 1 saturated carbocycles. The molecule has 0 aromatic heterocycles. The van der Waals surface area contributed by atoms with E-state index in [0.29, 0.717) is 11.5 Å². The van der Waals surface area contributed by atoms with E-state index in [1.807, 2.05) is 0 Å². The van der Waals surface area contributed by atoms with Crippen LogP contribution in [0.4, 0.5) is 0 Å². The minimum absolute atomic E-state index is 0.537. The van der Waals surface area contributed by atoms with Gasteiger partial charge in [0, 0.05) is 6.04 Å². The lowest BCUT2D eigenvalue weighted by atomic mass is 9.89. The fourth-order valence-electron chi connectivity index (χ4n) is 2.81. The van der Waals surface area contributed by atoms with Crippen molar-refractivity contribution in [2.75, 3.05) is 7.05 Å². The fraction of sp³-hybridized carbons (Fsp3) is 0.600. The molecule has 0 heterocycles. The van der Waals surface area contributed by atoms with Crippen molar-refractivity contribution >= 4 is 0 Å². The summed E-state index contributed by atoms with van der Waals surface area (Å²) in [6, 6.07) is 7.57. The Hall–Kier alpha value is -0.820. The molecular formula is C15H23N. The van der Waals surface area contributed by atoms with E-state index in [1.165, 1.54) is 36.0 Å². The van der Waals surface area contributed by atoms with Gasteiger partial charge in [-0.1, -0.05) is 29.3 Å². The smallest absolute Gasteiger partial charge is 0.00953 e. The molecule has 1 fully saturated rings. The molecule has 0 amide bonds. The average Bonchev–Trinajstić information content (AvgIpc) is 2.96. The van der Waals surface area contributed by atoms with Crippen molar-refractivity contribution in [2.45, 2.75) is 46.1 Å². The maximum atomic E-state index is 3.42. The van der Waals surface area contributed by atoms with Gasteiger partial charge in [-0.25, -0.2) is 0 Å². The van der Waals surface area contributed by atoms with Gasteiger partial charge in [0.2, 0.25) is 0 Å². The predicted molar refractivity (Wildman–Crippen MR) is 69.8 cm³/mol. The van der Waals surface area contributed by atoms with Crippen LogP contribution in [-0.2, 0) is 6.42 Å². The van der Waals surface area contributed by atoms with E-state index in [4.69, 9.17) is 0 Å². The zero-order valence-electron chi connectivity index (χ0n) is 10.9. The molecule has 1 aliphatic rings. The van der Waals surface area contributed by atoms with Crippen LogP contribution in [0.1, 0.15) is 36.5 Å². The summed E-state index contributed by atoms with van der Waals surface area (Å²) < 4.78 is 0. The van der Waals surface area contributed by atoms with Crippen LogP contribution in [0.15, 0.2) is 18.2 Å². The summed E-state index contributed by atoms with van der Waals surface area (Å²) in [6.07, 6.45) is 3.99. The highest BCUT2D eigenvalue weighted by Crippen LogP contribution is 2.51. The summed E-state index contributed by atoms with van der Waals surface area (Å²) in [6.45, 7) is 6.70. The number of nitrogens with one attached hydrogen (secondary N) is 1. The maximum Gasteiger partial charge on any atom is 0.00953 e. The molecular weight excluding hydrogens is 194 g/mol. The highest BCUT2D eigenvalue weighted by atomic mass is 14.9. The van der Waals surface area contributed by atoms with Crippen molar-refractivity contribution in [1.82, 2.24) is 5.32 Å². The Labute approximate surface area is 99.3 Å². The summed E-state index contributed by atoms with van der Waals surface area (Å²) >= 11 is 0. The van der Waals surface area contributed by atoms with Crippen LogP contribution in [0.25, 0.3) is 0 Å². The Morgan fingerprint density at radius 1 is 1.19 bits per heavy atom. The molecule has 1 nitrogen and oxygen atoms in total. The van der Waals surface area contributed by atoms with Crippen molar-refractivity contribution in [3.63, 3.8) is 0 Å². The SMILES string of the molecule is CNC(C)C1(Cc2cc(C)cc(C)c2)CC1. The van der Waals surface area contributed by atoms with Crippen molar-refractivity contribution in [3.05, 3.63) is 34.9 Å². The van der Waals surface area contributed by atoms with E-state index < -0.39 is 0 Å². The quantitative estimate of drug-likeness (QED) is 0.816. The van der Waals surface area contributed by atoms with E-state index in [2.05, 4.69) is 51.3 Å². The molecule has 88 valence electrons. The fourth-order valence-corrected chi connectivity index (χ4v) is 2.81. The first-order valence-corrected chi connectivity index (χ1v) is 6.30. The first kappa shape index (κ1) is 11.7. The average molecular weight is 217 g/mol. The monoisotopic (exact) mass is 217 g/mol. The molecule has 1 aliphatic carbocycles. The number of hydrogen-bond donors (Lipinski definition) is 1. The van der Waals surface area contributed by atoms with E-state index >= 15 is 0 Å². The predicted octanol–water partition coefficient (Wildman–Crippen LogP) is 3.23. The number of aryl methyl sites for hydroxylation is 2. The Bertz CT molecular complexity index is 357. The largest absolute Gasteiger partial charge is 0.317 e. The van der Waals surface area contributed by atoms with E-state index in [-0.39, 0.29) is 0 Å². The molecule has 0 radical (unpaired) electrons. The van der Waals surface area contributed by atoms with Crippen LogP contribution in [-0.4, -0.2) is 13.1 Å². The van der Waals surface area contributed by atoms with Gasteiger partial charge in [0.1, 0.15) is 0 Å². The Morgan fingerprint density at radius 2 is 1.75 bits per heavy atom. The lowest BCUT2D eigenvalue weighted by molar-refractivity contribution is 0.369. The first-order valence-electron chi connectivity index (χ1n) is 6.30. The van der Waals surface area contributed by atoms with Gasteiger partial charge < -0.3 is 5.32 Å². The van der Waals surface area contributed by atoms with E-state index in [0.717, 1.165) is 0 Å².